The lowest BCUT2D eigenvalue weighted by atomic mass is 10.3. The van der Waals surface area contributed by atoms with E-state index < -0.39 is 11.9 Å². The van der Waals surface area contributed by atoms with E-state index in [9.17, 15) is 13.2 Å². The maximum Gasteiger partial charge on any atom is 0.433 e. The summed E-state index contributed by atoms with van der Waals surface area (Å²) >= 11 is 0. The highest BCUT2D eigenvalue weighted by Crippen LogP contribution is 2.27. The van der Waals surface area contributed by atoms with Crippen LogP contribution in [0.15, 0.2) is 18.3 Å². The number of halogens is 3. The molecule has 1 unspecified atom stereocenters. The van der Waals surface area contributed by atoms with Crippen LogP contribution in [-0.4, -0.2) is 24.7 Å². The quantitative estimate of drug-likeness (QED) is 0.869. The van der Waals surface area contributed by atoms with Crippen LogP contribution in [0.5, 0.6) is 0 Å². The summed E-state index contributed by atoms with van der Waals surface area (Å²) in [5.74, 6) is 0. The van der Waals surface area contributed by atoms with Gasteiger partial charge in [0.2, 0.25) is 0 Å². The van der Waals surface area contributed by atoms with Gasteiger partial charge >= 0.3 is 6.18 Å². The molecule has 0 radical (unpaired) electrons. The van der Waals surface area contributed by atoms with E-state index in [1.54, 1.807) is 7.11 Å². The van der Waals surface area contributed by atoms with E-state index >= 15 is 0 Å². The molecule has 6 heteroatoms. The van der Waals surface area contributed by atoms with Crippen molar-refractivity contribution in [1.82, 2.24) is 4.98 Å². The number of methoxy groups -OCH3 is 1. The van der Waals surface area contributed by atoms with Gasteiger partial charge in [0.25, 0.3) is 0 Å². The van der Waals surface area contributed by atoms with Gasteiger partial charge in [-0.05, 0) is 19.1 Å². The van der Waals surface area contributed by atoms with Crippen molar-refractivity contribution in [2.75, 3.05) is 19.0 Å². The highest BCUT2D eigenvalue weighted by Gasteiger charge is 2.31. The number of nitrogens with one attached hydrogen (secondary N) is 1. The second kappa shape index (κ2) is 5.16. The number of hydrogen-bond donors (Lipinski definition) is 1. The van der Waals surface area contributed by atoms with Gasteiger partial charge in [-0.25, -0.2) is 4.98 Å². The lowest BCUT2D eigenvalue weighted by molar-refractivity contribution is -0.141. The molecule has 1 rings (SSSR count). The zero-order valence-corrected chi connectivity index (χ0v) is 9.01. The molecule has 0 aliphatic rings. The molecule has 1 heterocycles. The molecule has 3 nitrogen and oxygen atoms in total. The molecule has 1 aromatic rings. The van der Waals surface area contributed by atoms with Gasteiger partial charge in [-0.15, -0.1) is 0 Å². The molecule has 0 amide bonds. The SMILES string of the molecule is COCC(C)Nc1ccc(C(F)(F)F)nc1. The van der Waals surface area contributed by atoms with Gasteiger partial charge in [-0.2, -0.15) is 13.2 Å². The van der Waals surface area contributed by atoms with Crippen molar-refractivity contribution in [3.8, 4) is 0 Å². The molecule has 0 spiro atoms. The summed E-state index contributed by atoms with van der Waals surface area (Å²) < 4.78 is 41.5. The van der Waals surface area contributed by atoms with Crippen LogP contribution in [0.4, 0.5) is 18.9 Å². The third-order valence-electron chi connectivity index (χ3n) is 1.88. The second-order valence-corrected chi connectivity index (χ2v) is 3.43. The number of anilines is 1. The Kier molecular flexibility index (Phi) is 4.12. The molecule has 16 heavy (non-hydrogen) atoms. The molecule has 0 saturated carbocycles. The van der Waals surface area contributed by atoms with Crippen LogP contribution >= 0.6 is 0 Å². The van der Waals surface area contributed by atoms with Crippen molar-refractivity contribution in [2.45, 2.75) is 19.1 Å². The monoisotopic (exact) mass is 234 g/mol. The molecule has 0 aliphatic heterocycles. The maximum atomic E-state index is 12.2. The van der Waals surface area contributed by atoms with Crippen molar-refractivity contribution >= 4 is 5.69 Å². The second-order valence-electron chi connectivity index (χ2n) is 3.43. The Bertz CT molecular complexity index is 324. The minimum atomic E-state index is -4.39. The zero-order valence-electron chi connectivity index (χ0n) is 9.01. The average Bonchev–Trinajstić information content (AvgIpc) is 2.17. The van der Waals surface area contributed by atoms with Gasteiger partial charge in [0.05, 0.1) is 18.5 Å². The highest BCUT2D eigenvalue weighted by atomic mass is 19.4. The summed E-state index contributed by atoms with van der Waals surface area (Å²) in [5, 5.41) is 2.97. The van der Waals surface area contributed by atoms with Crippen LogP contribution in [0.25, 0.3) is 0 Å². The Morgan fingerprint density at radius 3 is 2.56 bits per heavy atom. The molecule has 1 atom stereocenters. The fourth-order valence-corrected chi connectivity index (χ4v) is 1.22. The van der Waals surface area contributed by atoms with Gasteiger partial charge in [-0.3, -0.25) is 0 Å². The third kappa shape index (κ3) is 3.69. The number of ether oxygens (including phenoxy) is 1. The summed E-state index contributed by atoms with van der Waals surface area (Å²) in [6.07, 6.45) is -3.23. The largest absolute Gasteiger partial charge is 0.433 e. The molecule has 0 fully saturated rings. The molecule has 90 valence electrons. The minimum Gasteiger partial charge on any atom is -0.383 e. The maximum absolute atomic E-state index is 12.2. The van der Waals surface area contributed by atoms with Crippen molar-refractivity contribution in [3.63, 3.8) is 0 Å². The minimum absolute atomic E-state index is 0.0172. The Morgan fingerprint density at radius 2 is 2.12 bits per heavy atom. The van der Waals surface area contributed by atoms with Crippen molar-refractivity contribution in [2.24, 2.45) is 0 Å². The third-order valence-corrected chi connectivity index (χ3v) is 1.88. The first kappa shape index (κ1) is 12.8. The van der Waals surface area contributed by atoms with E-state index in [4.69, 9.17) is 4.74 Å². The first-order valence-corrected chi connectivity index (χ1v) is 4.72. The molecular weight excluding hydrogens is 221 g/mol. The first-order valence-electron chi connectivity index (χ1n) is 4.72. The van der Waals surface area contributed by atoms with Crippen LogP contribution < -0.4 is 5.32 Å². The number of nitrogens with zero attached hydrogens (tertiary/aromatic N) is 1. The van der Waals surface area contributed by atoms with E-state index in [1.165, 1.54) is 6.07 Å². The summed E-state index contributed by atoms with van der Waals surface area (Å²) in [4.78, 5) is 3.33. The van der Waals surface area contributed by atoms with Gasteiger partial charge in [0.1, 0.15) is 5.69 Å². The van der Waals surface area contributed by atoms with Crippen LogP contribution in [0, 0.1) is 0 Å². The Hall–Kier alpha value is -1.30. The smallest absolute Gasteiger partial charge is 0.383 e. The number of rotatable bonds is 4. The van der Waals surface area contributed by atoms with Crippen LogP contribution in [0.2, 0.25) is 0 Å². The molecule has 0 bridgehead atoms. The van der Waals surface area contributed by atoms with Gasteiger partial charge < -0.3 is 10.1 Å². The van der Waals surface area contributed by atoms with Crippen molar-refractivity contribution < 1.29 is 17.9 Å². The molecule has 0 saturated heterocycles. The molecule has 1 aromatic heterocycles. The summed E-state index contributed by atoms with van der Waals surface area (Å²) in [7, 11) is 1.56. The first-order chi connectivity index (χ1) is 7.43. The van der Waals surface area contributed by atoms with E-state index in [2.05, 4.69) is 10.3 Å². The predicted octanol–water partition coefficient (Wildman–Crippen LogP) is 2.55. The fraction of sp³-hybridized carbons (Fsp3) is 0.500. The summed E-state index contributed by atoms with van der Waals surface area (Å²) in [6, 6.07) is 2.31. The summed E-state index contributed by atoms with van der Waals surface area (Å²) in [5.41, 5.74) is -0.352. The van der Waals surface area contributed by atoms with Crippen molar-refractivity contribution in [1.29, 1.82) is 0 Å². The lowest BCUT2D eigenvalue weighted by Crippen LogP contribution is -2.21. The average molecular weight is 234 g/mol. The van der Waals surface area contributed by atoms with Gasteiger partial charge in [0.15, 0.2) is 0 Å². The van der Waals surface area contributed by atoms with Gasteiger partial charge in [-0.1, -0.05) is 0 Å². The predicted molar refractivity (Wildman–Crippen MR) is 54.2 cm³/mol. The van der Waals surface area contributed by atoms with Crippen LogP contribution in [0.1, 0.15) is 12.6 Å². The van der Waals surface area contributed by atoms with Crippen LogP contribution in [0.3, 0.4) is 0 Å². The van der Waals surface area contributed by atoms with E-state index in [1.807, 2.05) is 6.92 Å². The number of hydrogen-bond acceptors (Lipinski definition) is 3. The topological polar surface area (TPSA) is 34.1 Å². The van der Waals surface area contributed by atoms with Crippen LogP contribution in [-0.2, 0) is 10.9 Å². The Morgan fingerprint density at radius 1 is 1.44 bits per heavy atom. The molecule has 1 N–H and O–H groups in total. The zero-order chi connectivity index (χ0) is 12.2. The number of alkyl halides is 3. The summed E-state index contributed by atoms with van der Waals surface area (Å²) in [6.45, 7) is 2.34. The van der Waals surface area contributed by atoms with Crippen molar-refractivity contribution in [3.05, 3.63) is 24.0 Å². The van der Waals surface area contributed by atoms with E-state index in [-0.39, 0.29) is 6.04 Å². The molecule has 0 aromatic carbocycles. The van der Waals surface area contributed by atoms with Gasteiger partial charge in [0, 0.05) is 13.2 Å². The normalized spacial score (nSPS) is 13.6. The number of pyridine rings is 1. The molecular formula is C10H13F3N2O. The fourth-order valence-electron chi connectivity index (χ4n) is 1.22. The standard InChI is InChI=1S/C10H13F3N2O/c1-7(6-16-2)15-8-3-4-9(14-5-8)10(11,12)13/h3-5,7,15H,6H2,1-2H3. The van der Waals surface area contributed by atoms with E-state index in [0.29, 0.717) is 12.3 Å². The lowest BCUT2D eigenvalue weighted by Gasteiger charge is -2.14. The molecule has 0 aliphatic carbocycles. The van der Waals surface area contributed by atoms with E-state index in [0.717, 1.165) is 12.3 Å². The Balaban J connectivity index is 2.65. The number of aromatic nitrogens is 1. The highest BCUT2D eigenvalue weighted by molar-refractivity contribution is 5.42. The Labute approximate surface area is 91.6 Å².